The summed E-state index contributed by atoms with van der Waals surface area (Å²) in [7, 11) is -3.48. The van der Waals surface area contributed by atoms with Crippen LogP contribution in [0.1, 0.15) is 0 Å². The van der Waals surface area contributed by atoms with Gasteiger partial charge >= 0.3 is 12.1 Å². The van der Waals surface area contributed by atoms with Crippen molar-refractivity contribution in [3.8, 4) is 28.3 Å². The molecule has 0 radical (unpaired) electrons. The molecule has 0 unspecified atom stereocenters. The van der Waals surface area contributed by atoms with E-state index < -0.39 is 28.7 Å². The third-order valence-corrected chi connectivity index (χ3v) is 5.57. The maximum Gasteiger partial charge on any atom is 0.456 e. The molecule has 184 valence electrons. The fraction of sp³-hybridized carbons (Fsp3) is 0.174. The van der Waals surface area contributed by atoms with Gasteiger partial charge in [0.25, 0.3) is 0 Å². The Bertz CT molecular complexity index is 1470. The van der Waals surface area contributed by atoms with Crippen LogP contribution in [0.2, 0.25) is 0 Å². The fourth-order valence-electron chi connectivity index (χ4n) is 3.30. The van der Waals surface area contributed by atoms with Gasteiger partial charge in [0, 0.05) is 11.1 Å². The number of hydrogen-bond acceptors (Lipinski definition) is 4. The zero-order chi connectivity index (χ0) is 25.4. The van der Waals surface area contributed by atoms with Crippen molar-refractivity contribution in [3.05, 3.63) is 66.7 Å². The second-order valence-corrected chi connectivity index (χ2v) is 9.50. The number of sulfonamides is 1. The molecule has 2 N–H and O–H groups in total. The molecular formula is C23H18F5N3O3S. The van der Waals surface area contributed by atoms with Gasteiger partial charge in [-0.05, 0) is 48.0 Å². The van der Waals surface area contributed by atoms with E-state index in [-0.39, 0.29) is 5.75 Å². The number of rotatable bonds is 7. The maximum absolute atomic E-state index is 13.0. The van der Waals surface area contributed by atoms with Crippen molar-refractivity contribution < 1.29 is 35.1 Å². The largest absolute Gasteiger partial charge is 0.487 e. The van der Waals surface area contributed by atoms with Crippen molar-refractivity contribution in [2.75, 3.05) is 17.6 Å². The number of ether oxygens (including phenoxy) is 1. The van der Waals surface area contributed by atoms with Crippen molar-refractivity contribution in [2.24, 2.45) is 0 Å². The lowest BCUT2D eigenvalue weighted by atomic mass is 10.0. The fourth-order valence-corrected chi connectivity index (χ4v) is 3.88. The first-order valence-electron chi connectivity index (χ1n) is 10.1. The predicted octanol–water partition coefficient (Wildman–Crippen LogP) is 5.84. The number of nitrogens with one attached hydrogen (secondary N) is 2. The molecule has 6 nitrogen and oxygen atoms in total. The molecule has 0 aliphatic carbocycles. The quantitative estimate of drug-likeness (QED) is 0.305. The van der Waals surface area contributed by atoms with Crippen LogP contribution < -0.4 is 9.46 Å². The molecule has 1 aromatic heterocycles. The van der Waals surface area contributed by atoms with Crippen molar-refractivity contribution >= 4 is 26.7 Å². The van der Waals surface area contributed by atoms with Crippen molar-refractivity contribution in [1.82, 2.24) is 9.97 Å². The zero-order valence-corrected chi connectivity index (χ0v) is 18.8. The smallest absolute Gasteiger partial charge is 0.456 e. The summed E-state index contributed by atoms with van der Waals surface area (Å²) >= 11 is 0. The molecule has 3 aromatic carbocycles. The second-order valence-electron chi connectivity index (χ2n) is 7.75. The van der Waals surface area contributed by atoms with E-state index in [9.17, 15) is 30.4 Å². The Morgan fingerprint density at radius 2 is 1.60 bits per heavy atom. The number of hydrogen-bond donors (Lipinski definition) is 2. The highest BCUT2D eigenvalue weighted by atomic mass is 32.2. The number of alkyl halides is 5. The average Bonchev–Trinajstić information content (AvgIpc) is 3.20. The first-order valence-corrected chi connectivity index (χ1v) is 12.0. The minimum Gasteiger partial charge on any atom is -0.487 e. The van der Waals surface area contributed by atoms with Gasteiger partial charge < -0.3 is 9.72 Å². The summed E-state index contributed by atoms with van der Waals surface area (Å²) in [6.07, 6.45) is -4.63. The molecule has 12 heteroatoms. The molecule has 4 rings (SSSR count). The molecule has 0 amide bonds. The first kappa shape index (κ1) is 24.5. The number of nitrogens with zero attached hydrogens (tertiary/aromatic N) is 1. The third kappa shape index (κ3) is 5.53. The summed E-state index contributed by atoms with van der Waals surface area (Å²) in [4.78, 5) is 7.62. The van der Waals surface area contributed by atoms with Crippen LogP contribution in [0.15, 0.2) is 66.7 Å². The summed E-state index contributed by atoms with van der Waals surface area (Å²) in [6.45, 7) is -1.82. The van der Waals surface area contributed by atoms with Crippen LogP contribution in [0.3, 0.4) is 0 Å². The Morgan fingerprint density at radius 1 is 0.943 bits per heavy atom. The molecule has 0 aliphatic heterocycles. The van der Waals surface area contributed by atoms with Gasteiger partial charge in [0.05, 0.1) is 23.0 Å². The van der Waals surface area contributed by atoms with Crippen LogP contribution in [0.4, 0.5) is 27.6 Å². The summed E-state index contributed by atoms with van der Waals surface area (Å²) in [5, 5.41) is 0. The van der Waals surface area contributed by atoms with Crippen LogP contribution in [0.25, 0.3) is 33.5 Å². The normalized spacial score (nSPS) is 12.6. The van der Waals surface area contributed by atoms with Gasteiger partial charge in [-0.25, -0.2) is 13.4 Å². The summed E-state index contributed by atoms with van der Waals surface area (Å²) in [5.74, 6) is -4.67. The van der Waals surface area contributed by atoms with Gasteiger partial charge in [-0.2, -0.15) is 22.0 Å². The van der Waals surface area contributed by atoms with E-state index in [2.05, 4.69) is 19.4 Å². The summed E-state index contributed by atoms with van der Waals surface area (Å²) < 4.78 is 93.4. The number of fused-ring (bicyclic) bond motifs is 1. The number of benzene rings is 3. The van der Waals surface area contributed by atoms with Crippen LogP contribution in [-0.4, -0.2) is 43.3 Å². The molecule has 0 saturated heterocycles. The van der Waals surface area contributed by atoms with E-state index in [0.29, 0.717) is 33.7 Å². The number of aromatic amines is 1. The summed E-state index contributed by atoms with van der Waals surface area (Å²) in [5.41, 5.74) is 3.60. The Labute approximate surface area is 196 Å². The maximum atomic E-state index is 13.0. The number of halogens is 5. The minimum absolute atomic E-state index is 0.147. The monoisotopic (exact) mass is 511 g/mol. The van der Waals surface area contributed by atoms with Crippen molar-refractivity contribution in [1.29, 1.82) is 0 Å². The third-order valence-electron chi connectivity index (χ3n) is 4.98. The van der Waals surface area contributed by atoms with Gasteiger partial charge in [0.15, 0.2) is 6.61 Å². The van der Waals surface area contributed by atoms with Crippen LogP contribution >= 0.6 is 0 Å². The number of imidazole rings is 1. The first-order chi connectivity index (χ1) is 16.3. The standard InChI is InChI=1S/C23H18F5N3O3S/c1-35(32,33)31-18-5-3-2-4-17(18)15-8-11-19-20(12-15)30-21(29-19)14-6-9-16(10-7-14)34-13-22(24,25)23(26,27)28/h2-12,31H,13H2,1H3,(H,29,30). The molecule has 0 aliphatic rings. The van der Waals surface area contributed by atoms with Gasteiger partial charge in [-0.3, -0.25) is 4.72 Å². The van der Waals surface area contributed by atoms with Gasteiger partial charge in [0.2, 0.25) is 10.0 Å². The second kappa shape index (κ2) is 8.84. The van der Waals surface area contributed by atoms with E-state index in [0.717, 1.165) is 11.8 Å². The number of H-pyrrole nitrogens is 1. The zero-order valence-electron chi connectivity index (χ0n) is 18.0. The molecular weight excluding hydrogens is 493 g/mol. The highest BCUT2D eigenvalue weighted by molar-refractivity contribution is 7.92. The van der Waals surface area contributed by atoms with E-state index in [4.69, 9.17) is 0 Å². The Kier molecular flexibility index (Phi) is 6.18. The minimum atomic E-state index is -5.69. The number of aromatic nitrogens is 2. The van der Waals surface area contributed by atoms with E-state index in [1.165, 1.54) is 24.3 Å². The van der Waals surface area contributed by atoms with Crippen molar-refractivity contribution in [2.45, 2.75) is 12.1 Å². The van der Waals surface area contributed by atoms with Crippen LogP contribution in [0.5, 0.6) is 5.75 Å². The number of para-hydroxylation sites is 1. The highest BCUT2D eigenvalue weighted by Gasteiger charge is 2.58. The summed E-state index contributed by atoms with van der Waals surface area (Å²) in [6, 6.07) is 17.7. The molecule has 1 heterocycles. The lowest BCUT2D eigenvalue weighted by molar-refractivity contribution is -0.290. The van der Waals surface area contributed by atoms with Gasteiger partial charge in [-0.1, -0.05) is 24.3 Å². The lowest BCUT2D eigenvalue weighted by Crippen LogP contribution is -2.41. The molecule has 0 saturated carbocycles. The van der Waals surface area contributed by atoms with Gasteiger partial charge in [-0.15, -0.1) is 0 Å². The van der Waals surface area contributed by atoms with E-state index in [1.54, 1.807) is 42.5 Å². The average molecular weight is 511 g/mol. The van der Waals surface area contributed by atoms with E-state index in [1.807, 2.05) is 0 Å². The molecule has 4 aromatic rings. The molecule has 0 spiro atoms. The predicted molar refractivity (Wildman–Crippen MR) is 122 cm³/mol. The molecule has 0 fully saturated rings. The number of anilines is 1. The molecule has 0 atom stereocenters. The molecule has 35 heavy (non-hydrogen) atoms. The Hall–Kier alpha value is -3.67. The van der Waals surface area contributed by atoms with Crippen molar-refractivity contribution in [3.63, 3.8) is 0 Å². The lowest BCUT2D eigenvalue weighted by Gasteiger charge is -2.19. The Balaban J connectivity index is 1.57. The van der Waals surface area contributed by atoms with Gasteiger partial charge in [0.1, 0.15) is 11.6 Å². The van der Waals surface area contributed by atoms with Crippen LogP contribution in [0, 0.1) is 0 Å². The highest BCUT2D eigenvalue weighted by Crippen LogP contribution is 2.36. The SMILES string of the molecule is CS(=O)(=O)Nc1ccccc1-c1ccc2[nH]c(-c3ccc(OCC(F)(F)C(F)(F)F)cc3)nc2c1. The Morgan fingerprint density at radius 3 is 2.26 bits per heavy atom. The van der Waals surface area contributed by atoms with Crippen LogP contribution in [-0.2, 0) is 10.0 Å². The molecule has 0 bridgehead atoms. The topological polar surface area (TPSA) is 84.1 Å². The van der Waals surface area contributed by atoms with E-state index >= 15 is 0 Å².